The van der Waals surface area contributed by atoms with Crippen molar-refractivity contribution >= 4 is 12.1 Å². The molecule has 0 aliphatic carbocycles. The minimum absolute atomic E-state index is 0.279. The quantitative estimate of drug-likeness (QED) is 0.268. The summed E-state index contributed by atoms with van der Waals surface area (Å²) in [6.45, 7) is 4.94. The standard InChI is InChI=1S/C28H27N3O3/c1-3-33-27-18-22(9-14-26(27)34-20-23-8-6-7-21(2)17-23)19-29-30-28(32)24-10-12-25(13-11-24)31-15-4-5-16-31/h4-19H,3,20H2,1-2H3,(H,30,32)/b29-19+. The van der Waals surface area contributed by atoms with Gasteiger partial charge in [0.05, 0.1) is 12.8 Å². The van der Waals surface area contributed by atoms with E-state index in [1.165, 1.54) is 5.56 Å². The maximum Gasteiger partial charge on any atom is 0.271 e. The zero-order chi connectivity index (χ0) is 23.8. The Labute approximate surface area is 199 Å². The first kappa shape index (κ1) is 22.9. The van der Waals surface area contributed by atoms with Crippen molar-refractivity contribution in [1.29, 1.82) is 0 Å². The molecule has 4 rings (SSSR count). The van der Waals surface area contributed by atoms with Gasteiger partial charge >= 0.3 is 0 Å². The van der Waals surface area contributed by atoms with Crippen LogP contribution in [-0.4, -0.2) is 23.3 Å². The van der Waals surface area contributed by atoms with Crippen LogP contribution < -0.4 is 14.9 Å². The summed E-state index contributed by atoms with van der Waals surface area (Å²) in [6, 6.07) is 25.0. The Morgan fingerprint density at radius 2 is 1.74 bits per heavy atom. The lowest BCUT2D eigenvalue weighted by Crippen LogP contribution is -2.17. The van der Waals surface area contributed by atoms with Crippen molar-refractivity contribution in [2.45, 2.75) is 20.5 Å². The van der Waals surface area contributed by atoms with Crippen LogP contribution in [0.1, 0.15) is 34.0 Å². The topological polar surface area (TPSA) is 64.8 Å². The first-order valence-corrected chi connectivity index (χ1v) is 11.1. The van der Waals surface area contributed by atoms with Crippen LogP contribution in [0.2, 0.25) is 0 Å². The van der Waals surface area contributed by atoms with Crippen LogP contribution in [0.5, 0.6) is 11.5 Å². The molecule has 0 bridgehead atoms. The Kier molecular flexibility index (Phi) is 7.40. The van der Waals surface area contributed by atoms with E-state index in [0.717, 1.165) is 16.8 Å². The molecule has 0 aliphatic rings. The summed E-state index contributed by atoms with van der Waals surface area (Å²) in [5, 5.41) is 4.10. The predicted octanol–water partition coefficient (Wildman–Crippen LogP) is 5.53. The Morgan fingerprint density at radius 1 is 0.941 bits per heavy atom. The summed E-state index contributed by atoms with van der Waals surface area (Å²) in [5.41, 5.74) is 7.16. The number of nitrogens with zero attached hydrogens (tertiary/aromatic N) is 2. The number of aryl methyl sites for hydroxylation is 1. The van der Waals surface area contributed by atoms with E-state index >= 15 is 0 Å². The molecule has 0 unspecified atom stereocenters. The van der Waals surface area contributed by atoms with E-state index < -0.39 is 0 Å². The van der Waals surface area contributed by atoms with Crippen molar-refractivity contribution in [1.82, 2.24) is 9.99 Å². The van der Waals surface area contributed by atoms with E-state index in [1.54, 1.807) is 18.3 Å². The van der Waals surface area contributed by atoms with Gasteiger partial charge in [-0.2, -0.15) is 5.10 Å². The maximum atomic E-state index is 12.4. The van der Waals surface area contributed by atoms with Crippen LogP contribution in [0, 0.1) is 6.92 Å². The highest BCUT2D eigenvalue weighted by Gasteiger charge is 2.08. The number of aromatic nitrogens is 1. The van der Waals surface area contributed by atoms with Gasteiger partial charge in [0.1, 0.15) is 6.61 Å². The summed E-state index contributed by atoms with van der Waals surface area (Å²) in [4.78, 5) is 12.4. The lowest BCUT2D eigenvalue weighted by Gasteiger charge is -2.13. The number of ether oxygens (including phenoxy) is 2. The molecule has 34 heavy (non-hydrogen) atoms. The molecule has 6 heteroatoms. The van der Waals surface area contributed by atoms with Gasteiger partial charge < -0.3 is 14.0 Å². The number of nitrogens with one attached hydrogen (secondary N) is 1. The largest absolute Gasteiger partial charge is 0.490 e. The van der Waals surface area contributed by atoms with E-state index in [9.17, 15) is 4.79 Å². The number of carbonyl (C=O) groups excluding carboxylic acids is 1. The van der Waals surface area contributed by atoms with Gasteiger partial charge in [0.15, 0.2) is 11.5 Å². The highest BCUT2D eigenvalue weighted by molar-refractivity contribution is 5.95. The van der Waals surface area contributed by atoms with Crippen molar-refractivity contribution in [3.63, 3.8) is 0 Å². The molecule has 6 nitrogen and oxygen atoms in total. The molecule has 1 aromatic heterocycles. The number of benzene rings is 3. The van der Waals surface area contributed by atoms with E-state index in [1.807, 2.05) is 78.5 Å². The van der Waals surface area contributed by atoms with Crippen LogP contribution in [0.3, 0.4) is 0 Å². The summed E-state index contributed by atoms with van der Waals surface area (Å²) in [6.07, 6.45) is 5.49. The molecule has 3 aromatic carbocycles. The van der Waals surface area contributed by atoms with Gasteiger partial charge in [0.2, 0.25) is 0 Å². The molecule has 0 radical (unpaired) electrons. The lowest BCUT2D eigenvalue weighted by atomic mass is 10.1. The smallest absolute Gasteiger partial charge is 0.271 e. The first-order chi connectivity index (χ1) is 16.6. The van der Waals surface area contributed by atoms with Crippen LogP contribution in [-0.2, 0) is 6.61 Å². The molecule has 0 atom stereocenters. The third kappa shape index (κ3) is 5.92. The SMILES string of the molecule is CCOc1cc(/C=N/NC(=O)c2ccc(-n3cccc3)cc2)ccc1OCc1cccc(C)c1. The summed E-state index contributed by atoms with van der Waals surface area (Å²) in [5.74, 6) is 1.01. The van der Waals surface area contributed by atoms with E-state index in [0.29, 0.717) is 30.3 Å². The minimum atomic E-state index is -0.279. The highest BCUT2D eigenvalue weighted by Crippen LogP contribution is 2.29. The molecule has 1 heterocycles. The zero-order valence-corrected chi connectivity index (χ0v) is 19.3. The van der Waals surface area contributed by atoms with E-state index in [-0.39, 0.29) is 5.91 Å². The Hall–Kier alpha value is -4.32. The number of hydrogen-bond donors (Lipinski definition) is 1. The van der Waals surface area contributed by atoms with Gasteiger partial charge in [-0.1, -0.05) is 29.8 Å². The van der Waals surface area contributed by atoms with Crippen molar-refractivity contribution < 1.29 is 14.3 Å². The van der Waals surface area contributed by atoms with Crippen LogP contribution in [0.15, 0.2) is 96.4 Å². The molecule has 0 saturated heterocycles. The van der Waals surface area contributed by atoms with E-state index in [2.05, 4.69) is 29.6 Å². The summed E-state index contributed by atoms with van der Waals surface area (Å²) < 4.78 is 13.7. The Morgan fingerprint density at radius 3 is 2.47 bits per heavy atom. The molecule has 0 spiro atoms. The lowest BCUT2D eigenvalue weighted by molar-refractivity contribution is 0.0955. The Balaban J connectivity index is 1.38. The van der Waals surface area contributed by atoms with Crippen LogP contribution in [0.4, 0.5) is 0 Å². The van der Waals surface area contributed by atoms with Gasteiger partial charge in [-0.05, 0) is 79.6 Å². The fraction of sp³-hybridized carbons (Fsp3) is 0.143. The monoisotopic (exact) mass is 453 g/mol. The second-order valence-electron chi connectivity index (χ2n) is 7.75. The van der Waals surface area contributed by atoms with Gasteiger partial charge in [-0.3, -0.25) is 4.79 Å². The average Bonchev–Trinajstić information content (AvgIpc) is 3.39. The number of carbonyl (C=O) groups is 1. The van der Waals surface area contributed by atoms with Crippen LogP contribution >= 0.6 is 0 Å². The maximum absolute atomic E-state index is 12.4. The second kappa shape index (κ2) is 11.0. The molecular formula is C28H27N3O3. The normalized spacial score (nSPS) is 10.9. The molecule has 1 N–H and O–H groups in total. The number of hydrazone groups is 1. The minimum Gasteiger partial charge on any atom is -0.490 e. The molecule has 4 aromatic rings. The summed E-state index contributed by atoms with van der Waals surface area (Å²) >= 11 is 0. The van der Waals surface area contributed by atoms with Crippen LogP contribution in [0.25, 0.3) is 5.69 Å². The van der Waals surface area contributed by atoms with Gasteiger partial charge in [-0.25, -0.2) is 5.43 Å². The fourth-order valence-electron chi connectivity index (χ4n) is 3.48. The van der Waals surface area contributed by atoms with Gasteiger partial charge in [0.25, 0.3) is 5.91 Å². The third-order valence-corrected chi connectivity index (χ3v) is 5.16. The van der Waals surface area contributed by atoms with Crippen molar-refractivity contribution in [3.05, 3.63) is 114 Å². The summed E-state index contributed by atoms with van der Waals surface area (Å²) in [7, 11) is 0. The number of rotatable bonds is 9. The third-order valence-electron chi connectivity index (χ3n) is 5.16. The average molecular weight is 454 g/mol. The predicted molar refractivity (Wildman–Crippen MR) is 134 cm³/mol. The molecule has 0 fully saturated rings. The van der Waals surface area contributed by atoms with E-state index in [4.69, 9.17) is 9.47 Å². The first-order valence-electron chi connectivity index (χ1n) is 11.1. The highest BCUT2D eigenvalue weighted by atomic mass is 16.5. The van der Waals surface area contributed by atoms with Gasteiger partial charge in [0, 0.05) is 23.6 Å². The Bertz CT molecular complexity index is 1260. The van der Waals surface area contributed by atoms with Gasteiger partial charge in [-0.15, -0.1) is 0 Å². The molecule has 0 saturated carbocycles. The zero-order valence-electron chi connectivity index (χ0n) is 19.3. The molecule has 1 amide bonds. The van der Waals surface area contributed by atoms with Crippen molar-refractivity contribution in [2.75, 3.05) is 6.61 Å². The fourth-order valence-corrected chi connectivity index (χ4v) is 3.48. The number of hydrogen-bond acceptors (Lipinski definition) is 4. The van der Waals surface area contributed by atoms with Crippen molar-refractivity contribution in [2.24, 2.45) is 5.10 Å². The van der Waals surface area contributed by atoms with Crippen molar-refractivity contribution in [3.8, 4) is 17.2 Å². The number of amides is 1. The molecule has 172 valence electrons. The molecular weight excluding hydrogens is 426 g/mol. The molecule has 0 aliphatic heterocycles. The second-order valence-corrected chi connectivity index (χ2v) is 7.75.